The summed E-state index contributed by atoms with van der Waals surface area (Å²) in [6, 6.07) is 6.67. The number of hydrogen-bond acceptors (Lipinski definition) is 2. The van der Waals surface area contributed by atoms with Crippen molar-refractivity contribution in [2.24, 2.45) is 0 Å². The van der Waals surface area contributed by atoms with Crippen LogP contribution in [-0.2, 0) is 0 Å². The molecule has 1 atom stereocenters. The highest BCUT2D eigenvalue weighted by Crippen LogP contribution is 2.32. The standard InChI is InChI=1S/C11H15BrN2/c1-8-3-2-6-14(8)11-7-9(12)4-5-10(11)13/h4-5,7-8H,2-3,6,13H2,1H3. The van der Waals surface area contributed by atoms with E-state index in [1.54, 1.807) is 0 Å². The van der Waals surface area contributed by atoms with Gasteiger partial charge in [-0.3, -0.25) is 0 Å². The van der Waals surface area contributed by atoms with Gasteiger partial charge in [0.2, 0.25) is 0 Å². The monoisotopic (exact) mass is 254 g/mol. The summed E-state index contributed by atoms with van der Waals surface area (Å²) in [4.78, 5) is 2.39. The van der Waals surface area contributed by atoms with E-state index in [2.05, 4.69) is 33.8 Å². The van der Waals surface area contributed by atoms with Crippen molar-refractivity contribution < 1.29 is 0 Å². The Kier molecular flexibility index (Phi) is 2.68. The molecule has 3 heteroatoms. The summed E-state index contributed by atoms with van der Waals surface area (Å²) in [6.45, 7) is 3.38. The van der Waals surface area contributed by atoms with Crippen LogP contribution in [-0.4, -0.2) is 12.6 Å². The molecule has 2 N–H and O–H groups in total. The molecule has 0 aliphatic carbocycles. The maximum absolute atomic E-state index is 5.97. The molecule has 1 aliphatic heterocycles. The minimum absolute atomic E-state index is 0.617. The molecule has 2 rings (SSSR count). The Hall–Kier alpha value is -0.700. The molecule has 0 amide bonds. The molecule has 1 saturated heterocycles. The van der Waals surface area contributed by atoms with Crippen molar-refractivity contribution in [3.8, 4) is 0 Å². The van der Waals surface area contributed by atoms with Crippen molar-refractivity contribution in [1.29, 1.82) is 0 Å². The summed E-state index contributed by atoms with van der Waals surface area (Å²) in [6.07, 6.45) is 2.54. The van der Waals surface area contributed by atoms with Crippen molar-refractivity contribution >= 4 is 27.3 Å². The summed E-state index contributed by atoms with van der Waals surface area (Å²) in [5.41, 5.74) is 8.02. The Bertz CT molecular complexity index is 338. The van der Waals surface area contributed by atoms with Crippen LogP contribution in [0.2, 0.25) is 0 Å². The van der Waals surface area contributed by atoms with Gasteiger partial charge < -0.3 is 10.6 Å². The third-order valence-electron chi connectivity index (χ3n) is 2.85. The number of benzene rings is 1. The average Bonchev–Trinajstić information content (AvgIpc) is 2.56. The van der Waals surface area contributed by atoms with Crippen molar-refractivity contribution in [2.45, 2.75) is 25.8 Å². The number of rotatable bonds is 1. The van der Waals surface area contributed by atoms with Crippen molar-refractivity contribution in [3.05, 3.63) is 22.7 Å². The van der Waals surface area contributed by atoms with Gasteiger partial charge in [-0.05, 0) is 38.0 Å². The van der Waals surface area contributed by atoms with Gasteiger partial charge in [0, 0.05) is 17.1 Å². The van der Waals surface area contributed by atoms with E-state index in [0.29, 0.717) is 6.04 Å². The van der Waals surface area contributed by atoms with E-state index in [1.165, 1.54) is 18.5 Å². The molecular weight excluding hydrogens is 240 g/mol. The summed E-state index contributed by atoms with van der Waals surface area (Å²) in [7, 11) is 0. The van der Waals surface area contributed by atoms with Crippen LogP contribution in [0.25, 0.3) is 0 Å². The molecule has 2 nitrogen and oxygen atoms in total. The molecule has 1 heterocycles. The van der Waals surface area contributed by atoms with Gasteiger partial charge in [0.15, 0.2) is 0 Å². The SMILES string of the molecule is CC1CCCN1c1cc(Br)ccc1N. The molecule has 1 aromatic carbocycles. The number of halogens is 1. The van der Waals surface area contributed by atoms with Gasteiger partial charge in [-0.1, -0.05) is 15.9 Å². The topological polar surface area (TPSA) is 29.3 Å². The predicted octanol–water partition coefficient (Wildman–Crippen LogP) is 3.02. The fraction of sp³-hybridized carbons (Fsp3) is 0.455. The minimum atomic E-state index is 0.617. The fourth-order valence-corrected chi connectivity index (χ4v) is 2.41. The second-order valence-electron chi connectivity index (χ2n) is 3.89. The largest absolute Gasteiger partial charge is 0.397 e. The molecular formula is C11H15BrN2. The molecule has 0 saturated carbocycles. The molecule has 1 fully saturated rings. The van der Waals surface area contributed by atoms with Crippen LogP contribution < -0.4 is 10.6 Å². The van der Waals surface area contributed by atoms with Crippen LogP contribution >= 0.6 is 15.9 Å². The fourth-order valence-electron chi connectivity index (χ4n) is 2.06. The van der Waals surface area contributed by atoms with Crippen molar-refractivity contribution in [3.63, 3.8) is 0 Å². The summed E-state index contributed by atoms with van der Waals surface area (Å²) in [5, 5.41) is 0. The van der Waals surface area contributed by atoms with E-state index in [-0.39, 0.29) is 0 Å². The molecule has 76 valence electrons. The third kappa shape index (κ3) is 1.73. The summed E-state index contributed by atoms with van der Waals surface area (Å²) in [5.74, 6) is 0. The molecule has 0 radical (unpaired) electrons. The van der Waals surface area contributed by atoms with Crippen LogP contribution in [0.15, 0.2) is 22.7 Å². The third-order valence-corrected chi connectivity index (χ3v) is 3.35. The zero-order valence-corrected chi connectivity index (χ0v) is 9.92. The highest BCUT2D eigenvalue weighted by Gasteiger charge is 2.21. The van der Waals surface area contributed by atoms with Gasteiger partial charge in [0.05, 0.1) is 11.4 Å². The van der Waals surface area contributed by atoms with E-state index < -0.39 is 0 Å². The highest BCUT2D eigenvalue weighted by atomic mass is 79.9. The molecule has 0 bridgehead atoms. The van der Waals surface area contributed by atoms with Crippen LogP contribution in [0.1, 0.15) is 19.8 Å². The van der Waals surface area contributed by atoms with Crippen LogP contribution in [0.4, 0.5) is 11.4 Å². The quantitative estimate of drug-likeness (QED) is 0.781. The Labute approximate surface area is 93.2 Å². The lowest BCUT2D eigenvalue weighted by atomic mass is 10.2. The number of nitrogen functional groups attached to an aromatic ring is 1. The zero-order valence-electron chi connectivity index (χ0n) is 8.33. The maximum atomic E-state index is 5.97. The van der Waals surface area contributed by atoms with Gasteiger partial charge >= 0.3 is 0 Å². The van der Waals surface area contributed by atoms with Crippen LogP contribution in [0.3, 0.4) is 0 Å². The number of anilines is 2. The Morgan fingerprint density at radius 2 is 2.29 bits per heavy atom. The van der Waals surface area contributed by atoms with Gasteiger partial charge in [-0.25, -0.2) is 0 Å². The lowest BCUT2D eigenvalue weighted by molar-refractivity contribution is 0.735. The maximum Gasteiger partial charge on any atom is 0.0613 e. The Morgan fingerprint density at radius 3 is 2.93 bits per heavy atom. The minimum Gasteiger partial charge on any atom is -0.397 e. The first-order valence-electron chi connectivity index (χ1n) is 5.00. The molecule has 0 aromatic heterocycles. The first kappa shape index (κ1) is 9.84. The second-order valence-corrected chi connectivity index (χ2v) is 4.80. The highest BCUT2D eigenvalue weighted by molar-refractivity contribution is 9.10. The lowest BCUT2D eigenvalue weighted by Gasteiger charge is -2.25. The normalized spacial score (nSPS) is 21.6. The first-order valence-corrected chi connectivity index (χ1v) is 5.79. The smallest absolute Gasteiger partial charge is 0.0613 e. The van der Waals surface area contributed by atoms with E-state index >= 15 is 0 Å². The number of nitrogens with zero attached hydrogens (tertiary/aromatic N) is 1. The average molecular weight is 255 g/mol. The molecule has 1 aliphatic rings. The van der Waals surface area contributed by atoms with E-state index in [0.717, 1.165) is 16.7 Å². The van der Waals surface area contributed by atoms with Gasteiger partial charge in [-0.15, -0.1) is 0 Å². The number of nitrogens with two attached hydrogens (primary N) is 1. The number of hydrogen-bond donors (Lipinski definition) is 1. The van der Waals surface area contributed by atoms with Gasteiger partial charge in [-0.2, -0.15) is 0 Å². The van der Waals surface area contributed by atoms with E-state index in [9.17, 15) is 0 Å². The molecule has 1 unspecified atom stereocenters. The zero-order chi connectivity index (χ0) is 10.1. The van der Waals surface area contributed by atoms with E-state index in [1.807, 2.05) is 12.1 Å². The second kappa shape index (κ2) is 3.81. The molecule has 1 aromatic rings. The van der Waals surface area contributed by atoms with Gasteiger partial charge in [0.25, 0.3) is 0 Å². The molecule has 0 spiro atoms. The lowest BCUT2D eigenvalue weighted by Crippen LogP contribution is -2.27. The van der Waals surface area contributed by atoms with Crippen molar-refractivity contribution in [1.82, 2.24) is 0 Å². The Morgan fingerprint density at radius 1 is 1.50 bits per heavy atom. The Balaban J connectivity index is 2.34. The van der Waals surface area contributed by atoms with Crippen LogP contribution in [0.5, 0.6) is 0 Å². The van der Waals surface area contributed by atoms with Crippen molar-refractivity contribution in [2.75, 3.05) is 17.2 Å². The first-order chi connectivity index (χ1) is 6.68. The van der Waals surface area contributed by atoms with Gasteiger partial charge in [0.1, 0.15) is 0 Å². The van der Waals surface area contributed by atoms with Crippen LogP contribution in [0, 0.1) is 0 Å². The molecule has 14 heavy (non-hydrogen) atoms. The predicted molar refractivity (Wildman–Crippen MR) is 64.6 cm³/mol. The summed E-state index contributed by atoms with van der Waals surface area (Å²) < 4.78 is 1.10. The van der Waals surface area contributed by atoms with E-state index in [4.69, 9.17) is 5.73 Å². The summed E-state index contributed by atoms with van der Waals surface area (Å²) >= 11 is 3.48.